The lowest BCUT2D eigenvalue weighted by Gasteiger charge is -2.33. The zero-order chi connectivity index (χ0) is 24.5. The number of nitrogens with zero attached hydrogens (tertiary/aromatic N) is 6. The van der Waals surface area contributed by atoms with Gasteiger partial charge in [0.05, 0.1) is 24.2 Å². The summed E-state index contributed by atoms with van der Waals surface area (Å²) in [4.78, 5) is 26.1. The van der Waals surface area contributed by atoms with Crippen LogP contribution in [0.25, 0.3) is 22.3 Å². The maximum atomic E-state index is 5.73. The van der Waals surface area contributed by atoms with Crippen molar-refractivity contribution < 1.29 is 4.74 Å². The maximum Gasteiger partial charge on any atom is 0.206 e. The molecule has 4 aromatic rings. The first-order chi connectivity index (χ1) is 17.7. The SMILES string of the molecule is COc1c(-c2ccc3nc(Nc4cc(C(C)N5C=CNCC5)ccn4)[nH]c3c2)ncnc1N1CCC1. The smallest absolute Gasteiger partial charge is 0.206 e. The molecule has 1 aromatic carbocycles. The minimum atomic E-state index is 0.245. The molecule has 5 heterocycles. The van der Waals surface area contributed by atoms with Crippen molar-refractivity contribution in [1.29, 1.82) is 0 Å². The average Bonchev–Trinajstić information content (AvgIpc) is 3.29. The van der Waals surface area contributed by atoms with Crippen molar-refractivity contribution >= 4 is 28.6 Å². The van der Waals surface area contributed by atoms with E-state index in [0.717, 1.165) is 60.1 Å². The Balaban J connectivity index is 1.26. The fraction of sp³-hybridized carbons (Fsp3) is 0.308. The number of aromatic amines is 1. The van der Waals surface area contributed by atoms with Crippen LogP contribution in [-0.4, -0.2) is 63.1 Å². The Labute approximate surface area is 209 Å². The number of nitrogens with one attached hydrogen (secondary N) is 3. The van der Waals surface area contributed by atoms with Gasteiger partial charge in [-0.15, -0.1) is 0 Å². The fourth-order valence-electron chi connectivity index (χ4n) is 4.64. The van der Waals surface area contributed by atoms with E-state index < -0.39 is 0 Å². The van der Waals surface area contributed by atoms with Crippen LogP contribution in [0.2, 0.25) is 0 Å². The number of benzene rings is 1. The number of rotatable bonds is 7. The minimum Gasteiger partial charge on any atom is -0.491 e. The van der Waals surface area contributed by atoms with Crippen LogP contribution in [0.5, 0.6) is 5.75 Å². The molecule has 36 heavy (non-hydrogen) atoms. The predicted molar refractivity (Wildman–Crippen MR) is 140 cm³/mol. The van der Waals surface area contributed by atoms with E-state index in [1.54, 1.807) is 13.4 Å². The molecular weight excluding hydrogens is 454 g/mol. The molecule has 2 aliphatic rings. The third-order valence-corrected chi connectivity index (χ3v) is 6.81. The van der Waals surface area contributed by atoms with Crippen LogP contribution in [0.15, 0.2) is 55.3 Å². The van der Waals surface area contributed by atoms with Crippen LogP contribution in [0.1, 0.15) is 24.9 Å². The van der Waals surface area contributed by atoms with Crippen molar-refractivity contribution in [1.82, 2.24) is 35.1 Å². The molecule has 10 nitrogen and oxygen atoms in total. The van der Waals surface area contributed by atoms with Gasteiger partial charge < -0.3 is 30.2 Å². The van der Waals surface area contributed by atoms with E-state index in [9.17, 15) is 0 Å². The second kappa shape index (κ2) is 9.37. The first-order valence-electron chi connectivity index (χ1n) is 12.2. The van der Waals surface area contributed by atoms with Gasteiger partial charge in [0.25, 0.3) is 0 Å². The van der Waals surface area contributed by atoms with E-state index in [0.29, 0.717) is 11.7 Å². The number of methoxy groups -OCH3 is 1. The number of pyridine rings is 1. The summed E-state index contributed by atoms with van der Waals surface area (Å²) in [7, 11) is 1.67. The number of imidazole rings is 1. The zero-order valence-electron chi connectivity index (χ0n) is 20.4. The first-order valence-corrected chi connectivity index (χ1v) is 12.2. The Hall–Kier alpha value is -4.34. The quantitative estimate of drug-likeness (QED) is 0.362. The van der Waals surface area contributed by atoms with Crippen LogP contribution in [0, 0.1) is 0 Å². The lowest BCUT2D eigenvalue weighted by molar-refractivity contribution is 0.287. The number of hydrogen-bond acceptors (Lipinski definition) is 9. The Morgan fingerprint density at radius 3 is 2.78 bits per heavy atom. The Kier molecular flexibility index (Phi) is 5.76. The van der Waals surface area contributed by atoms with Crippen molar-refractivity contribution in [3.63, 3.8) is 0 Å². The number of aromatic nitrogens is 5. The fourth-order valence-corrected chi connectivity index (χ4v) is 4.64. The standard InChI is InChI=1S/C26H29N9O/c1-17(34-12-8-27-9-13-34)18-6-7-28-22(15-18)33-26-31-20-5-4-19(14-21(20)32-26)23-24(36-2)25(30-16-29-23)35-10-3-11-35/h4-8,12,14-17,27H,3,9-11,13H2,1-2H3,(H2,28,31,32,33). The molecule has 0 radical (unpaired) electrons. The second-order valence-corrected chi connectivity index (χ2v) is 9.02. The Morgan fingerprint density at radius 1 is 1.08 bits per heavy atom. The van der Waals surface area contributed by atoms with Gasteiger partial charge in [0, 0.05) is 50.3 Å². The van der Waals surface area contributed by atoms with E-state index >= 15 is 0 Å². The molecule has 0 spiro atoms. The highest BCUT2D eigenvalue weighted by Crippen LogP contribution is 2.37. The van der Waals surface area contributed by atoms with E-state index in [1.165, 1.54) is 12.0 Å². The summed E-state index contributed by atoms with van der Waals surface area (Å²) < 4.78 is 5.73. The number of anilines is 3. The molecule has 0 aliphatic carbocycles. The largest absolute Gasteiger partial charge is 0.491 e. The van der Waals surface area contributed by atoms with Crippen LogP contribution in [0.4, 0.5) is 17.6 Å². The molecule has 1 saturated heterocycles. The number of hydrogen-bond donors (Lipinski definition) is 3. The lowest BCUT2D eigenvalue weighted by Crippen LogP contribution is -2.38. The number of ether oxygens (including phenoxy) is 1. The topological polar surface area (TPSA) is 107 Å². The monoisotopic (exact) mass is 483 g/mol. The highest BCUT2D eigenvalue weighted by atomic mass is 16.5. The predicted octanol–water partition coefficient (Wildman–Crippen LogP) is 3.81. The molecule has 6 rings (SSSR count). The summed E-state index contributed by atoms with van der Waals surface area (Å²) in [6, 6.07) is 10.4. The normalized spacial score (nSPS) is 15.9. The van der Waals surface area contributed by atoms with Gasteiger partial charge in [-0.05, 0) is 43.2 Å². The third kappa shape index (κ3) is 4.15. The average molecular weight is 484 g/mol. The highest BCUT2D eigenvalue weighted by molar-refractivity contribution is 5.85. The molecule has 0 amide bonds. The van der Waals surface area contributed by atoms with Crippen molar-refractivity contribution in [2.45, 2.75) is 19.4 Å². The second-order valence-electron chi connectivity index (χ2n) is 9.02. The summed E-state index contributed by atoms with van der Waals surface area (Å²) in [6.07, 6.45) is 8.69. The van der Waals surface area contributed by atoms with E-state index in [2.05, 4.69) is 65.6 Å². The van der Waals surface area contributed by atoms with Crippen molar-refractivity contribution in [2.24, 2.45) is 0 Å². The molecule has 2 aliphatic heterocycles. The summed E-state index contributed by atoms with van der Waals surface area (Å²) in [5.74, 6) is 2.92. The van der Waals surface area contributed by atoms with E-state index in [-0.39, 0.29) is 6.04 Å². The molecule has 1 atom stereocenters. The molecule has 3 aromatic heterocycles. The maximum absolute atomic E-state index is 5.73. The third-order valence-electron chi connectivity index (χ3n) is 6.81. The van der Waals surface area contributed by atoms with Gasteiger partial charge in [0.2, 0.25) is 5.95 Å². The summed E-state index contributed by atoms with van der Waals surface area (Å²) >= 11 is 0. The van der Waals surface area contributed by atoms with Crippen molar-refractivity contribution in [3.8, 4) is 17.0 Å². The van der Waals surface area contributed by atoms with Crippen molar-refractivity contribution in [3.05, 3.63) is 60.8 Å². The van der Waals surface area contributed by atoms with Crippen LogP contribution >= 0.6 is 0 Å². The van der Waals surface area contributed by atoms with Gasteiger partial charge >= 0.3 is 0 Å². The van der Waals surface area contributed by atoms with Gasteiger partial charge in [-0.3, -0.25) is 0 Å². The van der Waals surface area contributed by atoms with Gasteiger partial charge in [0.15, 0.2) is 11.6 Å². The number of H-pyrrole nitrogens is 1. The molecule has 0 bridgehead atoms. The van der Waals surface area contributed by atoms with Gasteiger partial charge in [0.1, 0.15) is 17.8 Å². The minimum absolute atomic E-state index is 0.245. The highest BCUT2D eigenvalue weighted by Gasteiger charge is 2.23. The van der Waals surface area contributed by atoms with Crippen molar-refractivity contribution in [2.75, 3.05) is 43.5 Å². The van der Waals surface area contributed by atoms with Gasteiger partial charge in [-0.2, -0.15) is 0 Å². The molecule has 10 heteroatoms. The van der Waals surface area contributed by atoms with Gasteiger partial charge in [-0.25, -0.2) is 19.9 Å². The first kappa shape index (κ1) is 22.1. The van der Waals surface area contributed by atoms with Crippen LogP contribution < -0.4 is 20.3 Å². The summed E-state index contributed by atoms with van der Waals surface area (Å²) in [6.45, 7) is 6.08. The van der Waals surface area contributed by atoms with Crippen LogP contribution in [0.3, 0.4) is 0 Å². The molecule has 1 unspecified atom stereocenters. The van der Waals surface area contributed by atoms with Gasteiger partial charge in [-0.1, -0.05) is 6.07 Å². The Bertz CT molecular complexity index is 1410. The Morgan fingerprint density at radius 2 is 2.00 bits per heavy atom. The van der Waals surface area contributed by atoms with Crippen LogP contribution in [-0.2, 0) is 0 Å². The number of fused-ring (bicyclic) bond motifs is 1. The molecule has 3 N–H and O–H groups in total. The molecule has 1 fully saturated rings. The van der Waals surface area contributed by atoms with E-state index in [1.807, 2.05) is 30.6 Å². The molecule has 184 valence electrons. The lowest BCUT2D eigenvalue weighted by atomic mass is 10.1. The van der Waals surface area contributed by atoms with E-state index in [4.69, 9.17) is 9.72 Å². The zero-order valence-corrected chi connectivity index (χ0v) is 20.4. The summed E-state index contributed by atoms with van der Waals surface area (Å²) in [5.41, 5.74) is 4.65. The molecular formula is C26H29N9O. The summed E-state index contributed by atoms with van der Waals surface area (Å²) in [5, 5.41) is 6.56. The molecule has 0 saturated carbocycles.